The van der Waals surface area contributed by atoms with Crippen LogP contribution in [0.25, 0.3) is 16.7 Å². The normalized spacial score (nSPS) is 10.0. The number of terminal acetylenes is 2. The fourth-order valence-electron chi connectivity index (χ4n) is 2.23. The van der Waals surface area contributed by atoms with Crippen molar-refractivity contribution in [3.05, 3.63) is 65.1 Å². The lowest BCUT2D eigenvalue weighted by atomic mass is 9.98. The van der Waals surface area contributed by atoms with Gasteiger partial charge in [-0.25, -0.2) is 4.39 Å². The van der Waals surface area contributed by atoms with E-state index in [0.29, 0.717) is 5.70 Å². The Morgan fingerprint density at radius 1 is 1.00 bits per heavy atom. The summed E-state index contributed by atoms with van der Waals surface area (Å²) in [7, 11) is 1.76. The lowest BCUT2D eigenvalue weighted by Crippen LogP contribution is -2.06. The molecule has 0 aliphatic carbocycles. The average Bonchev–Trinajstić information content (AvgIpc) is 2.66. The van der Waals surface area contributed by atoms with E-state index in [-0.39, 0.29) is 5.82 Å². The fraction of sp³-hybridized carbons (Fsp3) is 0.217. The van der Waals surface area contributed by atoms with Crippen LogP contribution in [0.1, 0.15) is 31.9 Å². The summed E-state index contributed by atoms with van der Waals surface area (Å²) in [5.41, 5.74) is 5.31. The summed E-state index contributed by atoms with van der Waals surface area (Å²) < 4.78 is 13.9. The molecule has 0 amide bonds. The van der Waals surface area contributed by atoms with Gasteiger partial charge < -0.3 is 5.32 Å². The molecule has 0 spiro atoms. The van der Waals surface area contributed by atoms with Crippen LogP contribution in [0.4, 0.5) is 4.39 Å². The minimum Gasteiger partial charge on any atom is -0.381 e. The largest absolute Gasteiger partial charge is 0.381 e. The van der Waals surface area contributed by atoms with E-state index in [2.05, 4.69) is 24.1 Å². The van der Waals surface area contributed by atoms with Gasteiger partial charge in [0.05, 0.1) is 5.70 Å². The summed E-state index contributed by atoms with van der Waals surface area (Å²) in [6.45, 7) is 7.92. The van der Waals surface area contributed by atoms with Gasteiger partial charge in [0, 0.05) is 7.05 Å². The zero-order chi connectivity index (χ0) is 19.4. The summed E-state index contributed by atoms with van der Waals surface area (Å²) in [4.78, 5) is 0. The van der Waals surface area contributed by atoms with E-state index >= 15 is 0 Å². The lowest BCUT2D eigenvalue weighted by Gasteiger charge is -2.10. The van der Waals surface area contributed by atoms with E-state index in [1.165, 1.54) is 17.7 Å². The fourth-order valence-corrected chi connectivity index (χ4v) is 2.23. The van der Waals surface area contributed by atoms with Gasteiger partial charge in [0.15, 0.2) is 0 Å². The molecule has 0 saturated heterocycles. The predicted octanol–water partition coefficient (Wildman–Crippen LogP) is 5.66. The number of nitrogens with one attached hydrogen (secondary N) is 1. The molecule has 0 atom stereocenters. The topological polar surface area (TPSA) is 12.0 Å². The van der Waals surface area contributed by atoms with Gasteiger partial charge in [-0.3, -0.25) is 0 Å². The van der Waals surface area contributed by atoms with Crippen LogP contribution < -0.4 is 5.32 Å². The molecule has 130 valence electrons. The van der Waals surface area contributed by atoms with Gasteiger partial charge in [-0.15, -0.1) is 19.3 Å². The van der Waals surface area contributed by atoms with Gasteiger partial charge in [0.25, 0.3) is 0 Å². The van der Waals surface area contributed by atoms with Gasteiger partial charge >= 0.3 is 0 Å². The molecule has 25 heavy (non-hydrogen) atoms. The maximum absolute atomic E-state index is 13.9. The molecule has 2 aromatic carbocycles. The van der Waals surface area contributed by atoms with E-state index in [4.69, 9.17) is 6.42 Å². The highest BCUT2D eigenvalue weighted by Crippen LogP contribution is 2.26. The van der Waals surface area contributed by atoms with E-state index < -0.39 is 0 Å². The second-order valence-electron chi connectivity index (χ2n) is 4.99. The standard InChI is InChI=1S/C19H18FN.C2H6.C2H2/c1-5-19(21-4)14(3)16-10-17(12-18(20)11-16)15-8-6-13(2)7-9-15;2*1-2/h1,6-12,21H,2-4H3;1-2H3;1-2H/b19-14+;;. The van der Waals surface area contributed by atoms with Gasteiger partial charge in [-0.2, -0.15) is 0 Å². The van der Waals surface area contributed by atoms with Crippen LogP contribution in [0.2, 0.25) is 0 Å². The summed E-state index contributed by atoms with van der Waals surface area (Å²) >= 11 is 0. The van der Waals surface area contributed by atoms with Crippen LogP contribution in [0.15, 0.2) is 48.2 Å². The van der Waals surface area contributed by atoms with Crippen molar-refractivity contribution >= 4 is 5.57 Å². The third-order valence-corrected chi connectivity index (χ3v) is 3.49. The molecule has 0 aliphatic heterocycles. The maximum Gasteiger partial charge on any atom is 0.124 e. The molecule has 0 radical (unpaired) electrons. The van der Waals surface area contributed by atoms with Gasteiger partial charge in [0.2, 0.25) is 0 Å². The van der Waals surface area contributed by atoms with Crippen LogP contribution in [0, 0.1) is 37.9 Å². The van der Waals surface area contributed by atoms with Crippen LogP contribution in [-0.4, -0.2) is 7.05 Å². The van der Waals surface area contributed by atoms with Crippen molar-refractivity contribution in [2.45, 2.75) is 27.7 Å². The van der Waals surface area contributed by atoms with E-state index in [1.54, 1.807) is 7.05 Å². The summed E-state index contributed by atoms with van der Waals surface area (Å²) in [5, 5.41) is 2.96. The second-order valence-corrected chi connectivity index (χ2v) is 4.99. The number of rotatable bonds is 3. The third kappa shape index (κ3) is 6.21. The lowest BCUT2D eigenvalue weighted by molar-refractivity contribution is 0.628. The first kappa shape index (κ1) is 22.0. The van der Waals surface area contributed by atoms with Crippen LogP contribution >= 0.6 is 0 Å². The average molecular weight is 335 g/mol. The Balaban J connectivity index is 0.00000134. The van der Waals surface area contributed by atoms with Gasteiger partial charge in [-0.1, -0.05) is 49.6 Å². The predicted molar refractivity (Wildman–Crippen MR) is 108 cm³/mol. The van der Waals surface area contributed by atoms with Crippen molar-refractivity contribution in [1.29, 1.82) is 0 Å². The molecule has 0 aliphatic rings. The molecule has 0 fully saturated rings. The molecule has 2 heteroatoms. The first-order chi connectivity index (χ1) is 12.0. The highest BCUT2D eigenvalue weighted by Gasteiger charge is 2.07. The maximum atomic E-state index is 13.9. The Kier molecular flexibility index (Phi) is 10.2. The van der Waals surface area contributed by atoms with Gasteiger partial charge in [0.1, 0.15) is 5.82 Å². The van der Waals surface area contributed by atoms with Crippen molar-refractivity contribution in [2.24, 2.45) is 0 Å². The second kappa shape index (κ2) is 11.5. The number of benzene rings is 2. The van der Waals surface area contributed by atoms with Crippen LogP contribution in [-0.2, 0) is 0 Å². The zero-order valence-corrected chi connectivity index (χ0v) is 15.7. The molecular formula is C23H26FN. The van der Waals surface area contributed by atoms with Crippen LogP contribution in [0.3, 0.4) is 0 Å². The molecule has 0 heterocycles. The molecule has 2 rings (SSSR count). The number of aryl methyl sites for hydroxylation is 1. The number of allylic oxidation sites excluding steroid dienone is 2. The SMILES string of the molecule is C#C.C#C/C(NC)=C(/C)c1cc(F)cc(-c2ccc(C)cc2)c1.CC. The molecule has 0 saturated carbocycles. The first-order valence-corrected chi connectivity index (χ1v) is 8.11. The monoisotopic (exact) mass is 335 g/mol. The summed E-state index contributed by atoms with van der Waals surface area (Å²) in [5.74, 6) is 2.31. The van der Waals surface area contributed by atoms with Crippen molar-refractivity contribution < 1.29 is 4.39 Å². The van der Waals surface area contributed by atoms with E-state index in [1.807, 2.05) is 58.0 Å². The summed E-state index contributed by atoms with van der Waals surface area (Å²) in [6, 6.07) is 13.0. The molecule has 0 bridgehead atoms. The summed E-state index contributed by atoms with van der Waals surface area (Å²) in [6.07, 6.45) is 13.5. The van der Waals surface area contributed by atoms with E-state index in [0.717, 1.165) is 22.3 Å². The van der Waals surface area contributed by atoms with Crippen molar-refractivity contribution in [3.8, 4) is 36.3 Å². The Bertz CT molecular complexity index is 759. The Labute approximate surface area is 152 Å². The zero-order valence-electron chi connectivity index (χ0n) is 15.7. The van der Waals surface area contributed by atoms with Crippen LogP contribution in [0.5, 0.6) is 0 Å². The first-order valence-electron chi connectivity index (χ1n) is 8.11. The quantitative estimate of drug-likeness (QED) is 0.714. The molecule has 2 aromatic rings. The number of halogens is 1. The number of hydrogen-bond donors (Lipinski definition) is 1. The Hall–Kier alpha value is -2.97. The highest BCUT2D eigenvalue weighted by atomic mass is 19.1. The number of hydrogen-bond acceptors (Lipinski definition) is 1. The minimum absolute atomic E-state index is 0.269. The third-order valence-electron chi connectivity index (χ3n) is 3.49. The van der Waals surface area contributed by atoms with E-state index in [9.17, 15) is 4.39 Å². The Morgan fingerprint density at radius 2 is 1.56 bits per heavy atom. The van der Waals surface area contributed by atoms with Crippen molar-refractivity contribution in [1.82, 2.24) is 5.32 Å². The Morgan fingerprint density at radius 3 is 2.04 bits per heavy atom. The molecule has 0 aromatic heterocycles. The van der Waals surface area contributed by atoms with Crippen molar-refractivity contribution in [3.63, 3.8) is 0 Å². The smallest absolute Gasteiger partial charge is 0.124 e. The molecule has 0 unspecified atom stereocenters. The van der Waals surface area contributed by atoms with Gasteiger partial charge in [-0.05, 0) is 54.3 Å². The van der Waals surface area contributed by atoms with Crippen molar-refractivity contribution in [2.75, 3.05) is 7.05 Å². The molecule has 1 nitrogen and oxygen atoms in total. The highest BCUT2D eigenvalue weighted by molar-refractivity contribution is 5.75. The minimum atomic E-state index is -0.269. The molecular weight excluding hydrogens is 309 g/mol. The molecule has 1 N–H and O–H groups in total.